The van der Waals surface area contributed by atoms with Crippen molar-refractivity contribution in [3.8, 4) is 0 Å². The third-order valence-corrected chi connectivity index (χ3v) is 3.60. The molecule has 3 heteroatoms. The fraction of sp³-hybridized carbons (Fsp3) is 0.316. The maximum Gasteiger partial charge on any atom is 0.206 e. The Morgan fingerprint density at radius 2 is 1.14 bits per heavy atom. The number of anilines is 2. The zero-order valence-electron chi connectivity index (χ0n) is 13.5. The lowest BCUT2D eigenvalue weighted by Crippen LogP contribution is -2.36. The minimum absolute atomic E-state index is 0.111. The topological polar surface area (TPSA) is 18.8 Å². The molecule has 22 heavy (non-hydrogen) atoms. The largest absolute Gasteiger partial charge is 0.310 e. The molecule has 0 saturated carbocycles. The van der Waals surface area contributed by atoms with Crippen LogP contribution < -0.4 is 9.80 Å². The molecule has 1 heterocycles. The van der Waals surface area contributed by atoms with Crippen LogP contribution in [0, 0.1) is 0 Å². The van der Waals surface area contributed by atoms with Crippen LogP contribution in [0.25, 0.3) is 0 Å². The molecule has 3 rings (SSSR count). The van der Waals surface area contributed by atoms with Crippen molar-refractivity contribution < 1.29 is 0 Å². The summed E-state index contributed by atoms with van der Waals surface area (Å²) in [7, 11) is 0. The molecule has 0 radical (unpaired) electrons. The molecule has 0 N–H and O–H groups in total. The molecule has 0 aliphatic carbocycles. The summed E-state index contributed by atoms with van der Waals surface area (Å²) in [5.41, 5.74) is 2.28. The van der Waals surface area contributed by atoms with Gasteiger partial charge in [-0.25, -0.2) is 4.99 Å². The van der Waals surface area contributed by atoms with Gasteiger partial charge in [0, 0.05) is 24.5 Å². The van der Waals surface area contributed by atoms with Gasteiger partial charge < -0.3 is 9.80 Å². The summed E-state index contributed by atoms with van der Waals surface area (Å²) in [6, 6.07) is 21.0. The van der Waals surface area contributed by atoms with Gasteiger partial charge in [0.2, 0.25) is 5.96 Å². The summed E-state index contributed by atoms with van der Waals surface area (Å²) in [5.74, 6) is 1.03. The first-order valence-electron chi connectivity index (χ1n) is 7.80. The van der Waals surface area contributed by atoms with Gasteiger partial charge in [-0.05, 0) is 45.0 Å². The van der Waals surface area contributed by atoms with E-state index in [0.29, 0.717) is 0 Å². The quantitative estimate of drug-likeness (QED) is 0.827. The van der Waals surface area contributed by atoms with Crippen LogP contribution in [-0.2, 0) is 0 Å². The van der Waals surface area contributed by atoms with Gasteiger partial charge in [0.15, 0.2) is 0 Å². The summed E-state index contributed by atoms with van der Waals surface area (Å²) in [6.07, 6.45) is 0. The van der Waals surface area contributed by atoms with Crippen LogP contribution in [0.3, 0.4) is 0 Å². The standard InChI is InChI=1S/C19H23N3/c1-19(2,3)20-18-21(16-10-6-4-7-11-16)14-15-22(18)17-12-8-5-9-13-17/h4-13H,14-15H2,1-3H3. The van der Waals surface area contributed by atoms with Crippen LogP contribution in [0.2, 0.25) is 0 Å². The third-order valence-electron chi connectivity index (χ3n) is 3.60. The highest BCUT2D eigenvalue weighted by molar-refractivity contribution is 6.09. The van der Waals surface area contributed by atoms with Crippen molar-refractivity contribution in [2.75, 3.05) is 22.9 Å². The smallest absolute Gasteiger partial charge is 0.206 e. The Hall–Kier alpha value is -2.29. The molecule has 114 valence electrons. The van der Waals surface area contributed by atoms with E-state index in [9.17, 15) is 0 Å². The molecule has 2 aromatic rings. The minimum atomic E-state index is -0.111. The van der Waals surface area contributed by atoms with Gasteiger partial charge in [-0.15, -0.1) is 0 Å². The molecule has 1 saturated heterocycles. The van der Waals surface area contributed by atoms with Crippen LogP contribution in [0.5, 0.6) is 0 Å². The predicted octanol–water partition coefficient (Wildman–Crippen LogP) is 4.17. The Balaban J connectivity index is 2.01. The zero-order valence-corrected chi connectivity index (χ0v) is 13.5. The number of para-hydroxylation sites is 2. The van der Waals surface area contributed by atoms with Gasteiger partial charge in [-0.2, -0.15) is 0 Å². The van der Waals surface area contributed by atoms with E-state index in [0.717, 1.165) is 19.0 Å². The number of rotatable bonds is 2. The van der Waals surface area contributed by atoms with Crippen molar-refractivity contribution in [2.45, 2.75) is 26.3 Å². The van der Waals surface area contributed by atoms with Gasteiger partial charge in [0.25, 0.3) is 0 Å². The number of benzene rings is 2. The first kappa shape index (κ1) is 14.6. The number of hydrogen-bond acceptors (Lipinski definition) is 1. The Morgan fingerprint density at radius 3 is 1.50 bits per heavy atom. The van der Waals surface area contributed by atoms with Crippen molar-refractivity contribution in [3.05, 3.63) is 60.7 Å². The highest BCUT2D eigenvalue weighted by Crippen LogP contribution is 2.26. The van der Waals surface area contributed by atoms with Crippen molar-refractivity contribution >= 4 is 17.3 Å². The number of nitrogens with zero attached hydrogens (tertiary/aromatic N) is 3. The Morgan fingerprint density at radius 1 is 0.727 bits per heavy atom. The van der Waals surface area contributed by atoms with E-state index >= 15 is 0 Å². The molecule has 0 unspecified atom stereocenters. The van der Waals surface area contributed by atoms with E-state index in [2.05, 4.69) is 91.2 Å². The van der Waals surface area contributed by atoms with Crippen molar-refractivity contribution in [2.24, 2.45) is 4.99 Å². The molecule has 0 amide bonds. The van der Waals surface area contributed by atoms with Crippen LogP contribution in [0.1, 0.15) is 20.8 Å². The molecule has 0 atom stereocenters. The molecule has 0 aromatic heterocycles. The number of guanidine groups is 1. The second-order valence-corrected chi connectivity index (χ2v) is 6.56. The van der Waals surface area contributed by atoms with Crippen LogP contribution >= 0.6 is 0 Å². The lowest BCUT2D eigenvalue weighted by molar-refractivity contribution is 0.581. The molecule has 3 nitrogen and oxygen atoms in total. The molecular formula is C19H23N3. The van der Waals surface area contributed by atoms with E-state index in [1.165, 1.54) is 11.4 Å². The summed E-state index contributed by atoms with van der Waals surface area (Å²) in [5, 5.41) is 0. The molecule has 2 aromatic carbocycles. The van der Waals surface area contributed by atoms with Crippen molar-refractivity contribution in [1.29, 1.82) is 0 Å². The average Bonchev–Trinajstić information content (AvgIpc) is 2.90. The Labute approximate surface area is 132 Å². The minimum Gasteiger partial charge on any atom is -0.310 e. The maximum absolute atomic E-state index is 4.99. The van der Waals surface area contributed by atoms with E-state index in [1.54, 1.807) is 0 Å². The predicted molar refractivity (Wildman–Crippen MR) is 94.8 cm³/mol. The van der Waals surface area contributed by atoms with Crippen LogP contribution in [0.15, 0.2) is 65.7 Å². The molecule has 0 bridgehead atoms. The second kappa shape index (κ2) is 5.84. The monoisotopic (exact) mass is 293 g/mol. The number of hydrogen-bond donors (Lipinski definition) is 0. The van der Waals surface area contributed by atoms with Crippen LogP contribution in [0.4, 0.5) is 11.4 Å². The molecule has 1 aliphatic rings. The molecule has 1 aliphatic heterocycles. The highest BCUT2D eigenvalue weighted by Gasteiger charge is 2.30. The second-order valence-electron chi connectivity index (χ2n) is 6.56. The fourth-order valence-electron chi connectivity index (χ4n) is 2.67. The third kappa shape index (κ3) is 3.14. The maximum atomic E-state index is 4.99. The molecular weight excluding hydrogens is 270 g/mol. The van der Waals surface area contributed by atoms with Gasteiger partial charge in [-0.1, -0.05) is 36.4 Å². The summed E-state index contributed by atoms with van der Waals surface area (Å²) >= 11 is 0. The van der Waals surface area contributed by atoms with Crippen molar-refractivity contribution in [3.63, 3.8) is 0 Å². The lowest BCUT2D eigenvalue weighted by Gasteiger charge is -2.26. The first-order valence-corrected chi connectivity index (χ1v) is 7.80. The zero-order chi connectivity index (χ0) is 15.6. The Bertz CT molecular complexity index is 592. The Kier molecular flexibility index (Phi) is 3.88. The number of aliphatic imine (C=N–C) groups is 1. The van der Waals surface area contributed by atoms with Gasteiger partial charge in [-0.3, -0.25) is 0 Å². The summed E-state index contributed by atoms with van der Waals surface area (Å²) < 4.78 is 0. The van der Waals surface area contributed by atoms with Crippen molar-refractivity contribution in [1.82, 2.24) is 0 Å². The van der Waals surface area contributed by atoms with E-state index in [-0.39, 0.29) is 5.54 Å². The lowest BCUT2D eigenvalue weighted by atomic mass is 10.1. The van der Waals surface area contributed by atoms with E-state index < -0.39 is 0 Å². The highest BCUT2D eigenvalue weighted by atomic mass is 15.4. The molecule has 0 spiro atoms. The van der Waals surface area contributed by atoms with Gasteiger partial charge in [0.1, 0.15) is 0 Å². The first-order chi connectivity index (χ1) is 10.5. The van der Waals surface area contributed by atoms with E-state index in [4.69, 9.17) is 4.99 Å². The summed E-state index contributed by atoms with van der Waals surface area (Å²) in [4.78, 5) is 9.60. The fourth-order valence-corrected chi connectivity index (χ4v) is 2.67. The molecule has 1 fully saturated rings. The van der Waals surface area contributed by atoms with E-state index in [1.807, 2.05) is 0 Å². The van der Waals surface area contributed by atoms with Gasteiger partial charge >= 0.3 is 0 Å². The average molecular weight is 293 g/mol. The van der Waals surface area contributed by atoms with Gasteiger partial charge in [0.05, 0.1) is 5.54 Å². The SMILES string of the molecule is CC(C)(C)N=C1N(c2ccccc2)CCN1c1ccccc1. The normalized spacial score (nSPS) is 15.3. The summed E-state index contributed by atoms with van der Waals surface area (Å²) in [6.45, 7) is 8.33. The van der Waals surface area contributed by atoms with Crippen LogP contribution in [-0.4, -0.2) is 24.6 Å².